The molecule has 0 radical (unpaired) electrons. The molecule has 3 nitrogen and oxygen atoms in total. The zero-order valence-electron chi connectivity index (χ0n) is 12.9. The van der Waals surface area contributed by atoms with Crippen molar-refractivity contribution in [1.82, 2.24) is 4.98 Å². The summed E-state index contributed by atoms with van der Waals surface area (Å²) in [6.07, 6.45) is 7.47. The predicted octanol–water partition coefficient (Wildman–Crippen LogP) is 3.54. The van der Waals surface area contributed by atoms with E-state index in [9.17, 15) is 5.11 Å². The Kier molecular flexibility index (Phi) is 5.84. The number of hydrogen-bond donors (Lipinski definition) is 1. The molecular weight excluding hydrogens is 248 g/mol. The van der Waals surface area contributed by atoms with E-state index < -0.39 is 0 Å². The molecule has 1 saturated heterocycles. The maximum absolute atomic E-state index is 9.40. The monoisotopic (exact) mass is 276 g/mol. The first kappa shape index (κ1) is 15.3. The van der Waals surface area contributed by atoms with Gasteiger partial charge in [-0.05, 0) is 49.3 Å². The van der Waals surface area contributed by atoms with Gasteiger partial charge in [0.15, 0.2) is 0 Å². The van der Waals surface area contributed by atoms with Crippen LogP contribution < -0.4 is 4.90 Å². The molecular formula is C17H28N2O. The Balaban J connectivity index is 2.10. The highest BCUT2D eigenvalue weighted by Crippen LogP contribution is 2.25. The van der Waals surface area contributed by atoms with Gasteiger partial charge < -0.3 is 10.0 Å². The van der Waals surface area contributed by atoms with Crippen LogP contribution in [0.25, 0.3) is 0 Å². The van der Waals surface area contributed by atoms with Crippen LogP contribution in [-0.2, 0) is 13.0 Å². The van der Waals surface area contributed by atoms with Gasteiger partial charge in [-0.25, -0.2) is 4.98 Å². The minimum Gasteiger partial charge on any atom is -0.392 e. The Morgan fingerprint density at radius 2 is 2.10 bits per heavy atom. The van der Waals surface area contributed by atoms with Crippen molar-refractivity contribution in [2.45, 2.75) is 59.0 Å². The van der Waals surface area contributed by atoms with Crippen molar-refractivity contribution in [2.24, 2.45) is 5.92 Å². The summed E-state index contributed by atoms with van der Waals surface area (Å²) in [5, 5.41) is 9.40. The van der Waals surface area contributed by atoms with Gasteiger partial charge in [-0.2, -0.15) is 0 Å². The molecule has 112 valence electrons. The van der Waals surface area contributed by atoms with Gasteiger partial charge in [0.2, 0.25) is 0 Å². The lowest BCUT2D eigenvalue weighted by Crippen LogP contribution is -2.25. The number of nitrogens with zero attached hydrogens (tertiary/aromatic N) is 2. The number of rotatable bonds is 5. The smallest absolute Gasteiger partial charge is 0.129 e. The van der Waals surface area contributed by atoms with E-state index in [1.165, 1.54) is 32.1 Å². The summed E-state index contributed by atoms with van der Waals surface area (Å²) < 4.78 is 0. The van der Waals surface area contributed by atoms with Crippen LogP contribution in [0.15, 0.2) is 12.1 Å². The highest BCUT2D eigenvalue weighted by Gasteiger charge is 2.18. The van der Waals surface area contributed by atoms with Crippen LogP contribution in [0.5, 0.6) is 0 Å². The van der Waals surface area contributed by atoms with Crippen LogP contribution in [0.1, 0.15) is 57.2 Å². The van der Waals surface area contributed by atoms with Crippen LogP contribution in [0, 0.1) is 5.92 Å². The normalized spacial score (nSPS) is 19.9. The molecule has 1 aromatic heterocycles. The highest BCUT2D eigenvalue weighted by molar-refractivity contribution is 5.43. The van der Waals surface area contributed by atoms with Crippen molar-refractivity contribution in [3.63, 3.8) is 0 Å². The predicted molar refractivity (Wildman–Crippen MR) is 84.0 cm³/mol. The van der Waals surface area contributed by atoms with Crippen LogP contribution in [-0.4, -0.2) is 23.2 Å². The molecule has 1 unspecified atom stereocenters. The SMILES string of the molecule is CCCC1CCCN(c2cc(CO)cc(CC)n2)CC1. The Hall–Kier alpha value is -1.09. The van der Waals surface area contributed by atoms with Gasteiger partial charge >= 0.3 is 0 Å². The highest BCUT2D eigenvalue weighted by atomic mass is 16.3. The van der Waals surface area contributed by atoms with Gasteiger partial charge in [0.1, 0.15) is 5.82 Å². The summed E-state index contributed by atoms with van der Waals surface area (Å²) in [6.45, 7) is 6.71. The quantitative estimate of drug-likeness (QED) is 0.893. The molecule has 0 amide bonds. The molecule has 1 aliphatic rings. The second kappa shape index (κ2) is 7.63. The maximum atomic E-state index is 9.40. The molecule has 0 bridgehead atoms. The molecule has 1 N–H and O–H groups in total. The largest absolute Gasteiger partial charge is 0.392 e. The minimum atomic E-state index is 0.106. The first-order valence-electron chi connectivity index (χ1n) is 8.12. The van der Waals surface area contributed by atoms with Crippen LogP contribution in [0.2, 0.25) is 0 Å². The molecule has 0 saturated carbocycles. The molecule has 0 spiro atoms. The lowest BCUT2D eigenvalue weighted by atomic mass is 9.96. The van der Waals surface area contributed by atoms with E-state index in [0.717, 1.165) is 42.5 Å². The lowest BCUT2D eigenvalue weighted by Gasteiger charge is -2.23. The average Bonchev–Trinajstić information content (AvgIpc) is 2.73. The fraction of sp³-hybridized carbons (Fsp3) is 0.706. The third-order valence-electron chi connectivity index (χ3n) is 4.34. The van der Waals surface area contributed by atoms with E-state index >= 15 is 0 Å². The van der Waals surface area contributed by atoms with E-state index in [0.29, 0.717) is 0 Å². The van der Waals surface area contributed by atoms with E-state index in [1.807, 2.05) is 6.07 Å². The second-order valence-electron chi connectivity index (χ2n) is 5.91. The summed E-state index contributed by atoms with van der Waals surface area (Å²) >= 11 is 0. The number of hydrogen-bond acceptors (Lipinski definition) is 3. The van der Waals surface area contributed by atoms with Gasteiger partial charge in [0.05, 0.1) is 6.61 Å². The third kappa shape index (κ3) is 3.95. The molecule has 1 aromatic rings. The standard InChI is InChI=1S/C17H28N2O/c1-3-6-14-7-5-9-19(10-8-14)17-12-15(13-20)11-16(4-2)18-17/h11-12,14,20H,3-10,13H2,1-2H3. The summed E-state index contributed by atoms with van der Waals surface area (Å²) in [5.74, 6) is 1.95. The van der Waals surface area contributed by atoms with Crippen molar-refractivity contribution < 1.29 is 5.11 Å². The molecule has 2 heterocycles. The lowest BCUT2D eigenvalue weighted by molar-refractivity contribution is 0.281. The summed E-state index contributed by atoms with van der Waals surface area (Å²) in [7, 11) is 0. The van der Waals surface area contributed by atoms with Gasteiger partial charge in [0, 0.05) is 18.8 Å². The number of aryl methyl sites for hydroxylation is 1. The second-order valence-corrected chi connectivity index (χ2v) is 5.91. The fourth-order valence-electron chi connectivity index (χ4n) is 3.16. The van der Waals surface area contributed by atoms with Crippen molar-refractivity contribution in [1.29, 1.82) is 0 Å². The first-order valence-corrected chi connectivity index (χ1v) is 8.12. The Labute approximate surface area is 123 Å². The molecule has 1 atom stereocenters. The number of aromatic nitrogens is 1. The van der Waals surface area contributed by atoms with E-state index in [4.69, 9.17) is 4.98 Å². The zero-order valence-corrected chi connectivity index (χ0v) is 12.9. The van der Waals surface area contributed by atoms with Crippen molar-refractivity contribution in [3.05, 3.63) is 23.4 Å². The molecule has 3 heteroatoms. The van der Waals surface area contributed by atoms with Gasteiger partial charge in [-0.15, -0.1) is 0 Å². The number of aliphatic hydroxyl groups excluding tert-OH is 1. The molecule has 0 aliphatic carbocycles. The van der Waals surface area contributed by atoms with E-state index in [1.54, 1.807) is 0 Å². The Morgan fingerprint density at radius 1 is 1.25 bits per heavy atom. The molecule has 1 fully saturated rings. The summed E-state index contributed by atoms with van der Waals surface area (Å²) in [4.78, 5) is 7.16. The zero-order chi connectivity index (χ0) is 14.4. The topological polar surface area (TPSA) is 36.4 Å². The molecule has 1 aliphatic heterocycles. The molecule has 0 aromatic carbocycles. The fourth-order valence-corrected chi connectivity index (χ4v) is 3.16. The van der Waals surface area contributed by atoms with Crippen LogP contribution >= 0.6 is 0 Å². The number of pyridine rings is 1. The van der Waals surface area contributed by atoms with Crippen LogP contribution in [0.4, 0.5) is 5.82 Å². The van der Waals surface area contributed by atoms with Gasteiger partial charge in [-0.1, -0.05) is 26.7 Å². The van der Waals surface area contributed by atoms with Gasteiger partial charge in [-0.3, -0.25) is 0 Å². The summed E-state index contributed by atoms with van der Waals surface area (Å²) in [6, 6.07) is 4.07. The van der Waals surface area contributed by atoms with Crippen molar-refractivity contribution in [2.75, 3.05) is 18.0 Å². The van der Waals surface area contributed by atoms with E-state index in [-0.39, 0.29) is 6.61 Å². The number of aliphatic hydroxyl groups is 1. The average molecular weight is 276 g/mol. The van der Waals surface area contributed by atoms with Crippen molar-refractivity contribution in [3.8, 4) is 0 Å². The van der Waals surface area contributed by atoms with Crippen LogP contribution in [0.3, 0.4) is 0 Å². The minimum absolute atomic E-state index is 0.106. The first-order chi connectivity index (χ1) is 9.76. The third-order valence-corrected chi connectivity index (χ3v) is 4.34. The van der Waals surface area contributed by atoms with Gasteiger partial charge in [0.25, 0.3) is 0 Å². The number of anilines is 1. The van der Waals surface area contributed by atoms with E-state index in [2.05, 4.69) is 24.8 Å². The molecule has 20 heavy (non-hydrogen) atoms. The van der Waals surface area contributed by atoms with Crippen molar-refractivity contribution >= 4 is 5.82 Å². The Morgan fingerprint density at radius 3 is 2.80 bits per heavy atom. The summed E-state index contributed by atoms with van der Waals surface area (Å²) in [5.41, 5.74) is 2.07. The molecule has 2 rings (SSSR count). The maximum Gasteiger partial charge on any atom is 0.129 e. The Bertz CT molecular complexity index is 397.